The minimum atomic E-state index is -1.03. The fourth-order valence-electron chi connectivity index (χ4n) is 3.30. The number of amides is 2. The number of hydrogen-bond donors (Lipinski definition) is 3. The molecule has 2 fully saturated rings. The van der Waals surface area contributed by atoms with E-state index < -0.39 is 22.8 Å². The van der Waals surface area contributed by atoms with Gasteiger partial charge in [0.15, 0.2) is 0 Å². The molecule has 9 nitrogen and oxygen atoms in total. The number of fused-ring (bicyclic) bond motifs is 1. The molecule has 0 aromatic rings. The highest BCUT2D eigenvalue weighted by molar-refractivity contribution is 8.01. The second kappa shape index (κ2) is 6.25. The maximum absolute atomic E-state index is 12.3. The summed E-state index contributed by atoms with van der Waals surface area (Å²) in [5.41, 5.74) is 3.26. The maximum Gasteiger partial charge on any atom is 0.327 e. The van der Waals surface area contributed by atoms with Crippen molar-refractivity contribution < 1.29 is 24.2 Å². The van der Waals surface area contributed by atoms with E-state index in [1.807, 2.05) is 0 Å². The van der Waals surface area contributed by atoms with Gasteiger partial charge in [0.05, 0.1) is 6.42 Å². The highest BCUT2D eigenvalue weighted by Gasteiger charge is 2.64. The average Bonchev–Trinajstić information content (AvgIpc) is 3.05. The Balaban J connectivity index is 1.64. The van der Waals surface area contributed by atoms with Gasteiger partial charge in [0, 0.05) is 17.4 Å². The molecule has 0 aromatic heterocycles. The number of carboxylic acids is 1. The van der Waals surface area contributed by atoms with Crippen LogP contribution in [0.2, 0.25) is 0 Å². The molecule has 2 amide bonds. The Morgan fingerprint density at radius 3 is 2.88 bits per heavy atom. The van der Waals surface area contributed by atoms with Crippen LogP contribution >= 0.6 is 11.8 Å². The molecule has 0 saturated carbocycles. The number of nitrogens with zero attached hydrogens (tertiary/aromatic N) is 2. The number of ether oxygens (including phenoxy) is 1. The molecular formula is C15H20N4O5S. The molecule has 3 atom stereocenters. The molecule has 25 heavy (non-hydrogen) atoms. The summed E-state index contributed by atoms with van der Waals surface area (Å²) in [5, 5.41) is 15.7. The maximum atomic E-state index is 12.3. The minimum Gasteiger partial charge on any atom is -0.480 e. The van der Waals surface area contributed by atoms with Crippen LogP contribution in [0.1, 0.15) is 20.3 Å². The number of β-lactam (4-membered cyclic amide) rings is 1. The lowest BCUT2D eigenvalue weighted by Crippen LogP contribution is -2.70. The number of hydrogen-bond acceptors (Lipinski definition) is 7. The lowest BCUT2D eigenvalue weighted by molar-refractivity contribution is -0.161. The number of carbonyl (C=O) groups is 3. The van der Waals surface area contributed by atoms with Crippen LogP contribution < -0.4 is 10.7 Å². The van der Waals surface area contributed by atoms with Gasteiger partial charge in [0.1, 0.15) is 24.1 Å². The molecule has 10 heteroatoms. The number of carbonyl (C=O) groups excluding carboxylic acids is 2. The van der Waals surface area contributed by atoms with Crippen molar-refractivity contribution in [3.05, 3.63) is 11.6 Å². The minimum absolute atomic E-state index is 0.0490. The quantitative estimate of drug-likeness (QED) is 0.442. The molecule has 2 saturated heterocycles. The zero-order chi connectivity index (χ0) is 18.4. The van der Waals surface area contributed by atoms with Gasteiger partial charge >= 0.3 is 5.97 Å². The van der Waals surface area contributed by atoms with Crippen LogP contribution in [0, 0.1) is 0 Å². The van der Waals surface area contributed by atoms with Crippen molar-refractivity contribution in [2.24, 2.45) is 5.10 Å². The van der Waals surface area contributed by atoms with Crippen LogP contribution in [0.15, 0.2) is 16.8 Å². The summed E-state index contributed by atoms with van der Waals surface area (Å²) >= 11 is 1.40. The zero-order valence-corrected chi connectivity index (χ0v) is 14.9. The van der Waals surface area contributed by atoms with Gasteiger partial charge in [-0.05, 0) is 19.9 Å². The van der Waals surface area contributed by atoms with Crippen LogP contribution in [0.4, 0.5) is 0 Å². The first-order chi connectivity index (χ1) is 11.8. The number of hydrazone groups is 1. The highest BCUT2D eigenvalue weighted by Crippen LogP contribution is 2.50. The predicted octanol–water partition coefficient (Wildman–Crippen LogP) is -0.502. The second-order valence-corrected chi connectivity index (χ2v) is 8.27. The molecule has 3 rings (SSSR count). The average molecular weight is 368 g/mol. The third-order valence-corrected chi connectivity index (χ3v) is 5.95. The second-order valence-electron chi connectivity index (χ2n) is 6.50. The Labute approximate surface area is 148 Å². The Bertz CT molecular complexity index is 689. The first-order valence-electron chi connectivity index (χ1n) is 7.85. The van der Waals surface area contributed by atoms with Gasteiger partial charge in [-0.25, -0.2) is 4.79 Å². The van der Waals surface area contributed by atoms with Crippen LogP contribution in [0.5, 0.6) is 0 Å². The van der Waals surface area contributed by atoms with Gasteiger partial charge in [0.2, 0.25) is 17.7 Å². The number of aliphatic carboxylic acids is 1. The van der Waals surface area contributed by atoms with E-state index in [0.717, 1.165) is 0 Å². The number of thioether (sulfide) groups is 1. The van der Waals surface area contributed by atoms with Gasteiger partial charge in [0.25, 0.3) is 0 Å². The SMILES string of the molecule is CNN=C1OCC=C1CC(=O)N[C@@H]1C(=O)N2[C@@H]1SC(C)(C)[C@@H]2C(=O)O. The Morgan fingerprint density at radius 2 is 2.24 bits per heavy atom. The first-order valence-corrected chi connectivity index (χ1v) is 8.73. The third-order valence-electron chi connectivity index (χ3n) is 4.38. The fraction of sp³-hybridized carbons (Fsp3) is 0.600. The standard InChI is InChI=1S/C15H20N4O5S/c1-15(2)10(14(22)23)19-12(21)9(13(19)25-15)17-8(20)6-7-4-5-24-11(7)18-16-3/h4,9-10,13,16H,5-6H2,1-3H3,(H,17,20)(H,22,23)/t9-,10+,13-/m1/s1. The summed E-state index contributed by atoms with van der Waals surface area (Å²) in [7, 11) is 1.63. The summed E-state index contributed by atoms with van der Waals surface area (Å²) in [4.78, 5) is 37.5. The Hall–Kier alpha value is -2.23. The monoisotopic (exact) mass is 368 g/mol. The normalized spacial score (nSPS) is 31.1. The van der Waals surface area contributed by atoms with E-state index in [1.165, 1.54) is 16.7 Å². The molecule has 0 radical (unpaired) electrons. The summed E-state index contributed by atoms with van der Waals surface area (Å²) in [5.74, 6) is -1.35. The van der Waals surface area contributed by atoms with Crippen molar-refractivity contribution >= 4 is 35.4 Å². The molecule has 136 valence electrons. The van der Waals surface area contributed by atoms with Crippen molar-refractivity contribution in [1.82, 2.24) is 15.6 Å². The van der Waals surface area contributed by atoms with Crippen molar-refractivity contribution in [3.8, 4) is 0 Å². The molecule has 0 bridgehead atoms. The number of nitrogens with one attached hydrogen (secondary N) is 2. The zero-order valence-electron chi connectivity index (χ0n) is 14.1. The topological polar surface area (TPSA) is 120 Å². The molecule has 3 aliphatic heterocycles. The molecule has 0 spiro atoms. The van der Waals surface area contributed by atoms with Gasteiger partial charge in [-0.1, -0.05) is 0 Å². The molecule has 3 heterocycles. The molecule has 0 aliphatic carbocycles. The predicted molar refractivity (Wildman–Crippen MR) is 90.8 cm³/mol. The number of rotatable bonds is 5. The highest BCUT2D eigenvalue weighted by atomic mass is 32.2. The van der Waals surface area contributed by atoms with Gasteiger partial charge in [-0.15, -0.1) is 16.9 Å². The largest absolute Gasteiger partial charge is 0.480 e. The fourth-order valence-corrected chi connectivity index (χ4v) is 4.92. The summed E-state index contributed by atoms with van der Waals surface area (Å²) in [6, 6.07) is -1.59. The van der Waals surface area contributed by atoms with Crippen LogP contribution in [0.25, 0.3) is 0 Å². The van der Waals surface area contributed by atoms with Gasteiger partial charge in [-0.3, -0.25) is 9.59 Å². The van der Waals surface area contributed by atoms with Crippen molar-refractivity contribution in [2.45, 2.75) is 42.5 Å². The van der Waals surface area contributed by atoms with E-state index in [9.17, 15) is 19.5 Å². The van der Waals surface area contributed by atoms with Crippen molar-refractivity contribution in [3.63, 3.8) is 0 Å². The molecule has 0 unspecified atom stereocenters. The van der Waals surface area contributed by atoms with E-state index in [0.29, 0.717) is 18.1 Å². The van der Waals surface area contributed by atoms with Crippen molar-refractivity contribution in [2.75, 3.05) is 13.7 Å². The van der Waals surface area contributed by atoms with Crippen LogP contribution in [0.3, 0.4) is 0 Å². The van der Waals surface area contributed by atoms with E-state index in [1.54, 1.807) is 27.0 Å². The molecular weight excluding hydrogens is 348 g/mol. The van der Waals surface area contributed by atoms with Crippen LogP contribution in [-0.2, 0) is 19.1 Å². The smallest absolute Gasteiger partial charge is 0.327 e. The molecule has 3 aliphatic rings. The molecule has 0 aromatic carbocycles. The summed E-state index contributed by atoms with van der Waals surface area (Å²) in [6.45, 7) is 3.94. The van der Waals surface area contributed by atoms with E-state index in [2.05, 4.69) is 15.8 Å². The lowest BCUT2D eigenvalue weighted by atomic mass is 9.96. The third kappa shape index (κ3) is 2.94. The van der Waals surface area contributed by atoms with Crippen molar-refractivity contribution in [1.29, 1.82) is 0 Å². The lowest BCUT2D eigenvalue weighted by Gasteiger charge is -2.43. The van der Waals surface area contributed by atoms with E-state index >= 15 is 0 Å². The van der Waals surface area contributed by atoms with Gasteiger partial charge in [-0.2, -0.15) is 0 Å². The van der Waals surface area contributed by atoms with E-state index in [-0.39, 0.29) is 23.6 Å². The Kier molecular flexibility index (Phi) is 4.40. The molecule has 3 N–H and O–H groups in total. The Morgan fingerprint density at radius 1 is 1.52 bits per heavy atom. The first kappa shape index (κ1) is 17.6. The van der Waals surface area contributed by atoms with Gasteiger partial charge < -0.3 is 25.5 Å². The van der Waals surface area contributed by atoms with E-state index in [4.69, 9.17) is 4.74 Å². The summed E-state index contributed by atoms with van der Waals surface area (Å²) < 4.78 is 4.67. The van der Waals surface area contributed by atoms with Crippen LogP contribution in [-0.4, -0.2) is 69.5 Å². The number of carboxylic acid groups (broad SMARTS) is 1. The summed E-state index contributed by atoms with van der Waals surface area (Å²) in [6.07, 6.45) is 1.81.